The fourth-order valence-electron chi connectivity index (χ4n) is 6.41. The summed E-state index contributed by atoms with van der Waals surface area (Å²) in [7, 11) is 0. The number of hydrogen-bond acceptors (Lipinski definition) is 9. The van der Waals surface area contributed by atoms with Gasteiger partial charge in [-0.15, -0.1) is 0 Å². The van der Waals surface area contributed by atoms with Gasteiger partial charge in [0.25, 0.3) is 0 Å². The fraction of sp³-hybridized carbons (Fsp3) is 0.955. The first-order chi connectivity index (χ1) is 26.0. The molecule has 0 bridgehead atoms. The summed E-state index contributed by atoms with van der Waals surface area (Å²) in [4.78, 5) is 27.2. The highest BCUT2D eigenvalue weighted by atomic mass is 16.7. The Bertz CT molecular complexity index is 748. The van der Waals surface area contributed by atoms with Gasteiger partial charge in [0.2, 0.25) is 0 Å². The van der Waals surface area contributed by atoms with Gasteiger partial charge >= 0.3 is 12.3 Å². The lowest BCUT2D eigenvalue weighted by Crippen LogP contribution is -2.26. The molecule has 0 fully saturated rings. The number of hydrogen-bond donors (Lipinski definition) is 0. The molecule has 1 unspecified atom stereocenters. The molecular weight excluding hydrogens is 670 g/mol. The van der Waals surface area contributed by atoms with Crippen LogP contribution in [-0.2, 0) is 28.4 Å². The molecule has 0 aliphatic carbocycles. The average Bonchev–Trinajstić information content (AvgIpc) is 3.16. The molecule has 0 aromatic carbocycles. The number of unbranched alkanes of at least 4 members (excludes halogenated alkanes) is 19. The number of rotatable bonds is 41. The molecule has 0 amide bonds. The van der Waals surface area contributed by atoms with Crippen molar-refractivity contribution in [2.45, 2.75) is 220 Å². The highest BCUT2D eigenvalue weighted by Crippen LogP contribution is 2.16. The van der Waals surface area contributed by atoms with Gasteiger partial charge in [-0.25, -0.2) is 9.59 Å². The lowest BCUT2D eigenvalue weighted by Gasteiger charge is -2.19. The van der Waals surface area contributed by atoms with Crippen molar-refractivity contribution in [2.75, 3.05) is 52.7 Å². The van der Waals surface area contributed by atoms with Crippen LogP contribution in [0.4, 0.5) is 9.59 Å². The molecule has 0 saturated heterocycles. The van der Waals surface area contributed by atoms with Crippen molar-refractivity contribution in [1.82, 2.24) is 4.90 Å². The Hall–Kier alpha value is -1.58. The van der Waals surface area contributed by atoms with Crippen LogP contribution in [0.15, 0.2) is 0 Å². The van der Waals surface area contributed by atoms with Crippen LogP contribution < -0.4 is 0 Å². The smallest absolute Gasteiger partial charge is 0.434 e. The van der Waals surface area contributed by atoms with E-state index in [-0.39, 0.29) is 25.6 Å². The summed E-state index contributed by atoms with van der Waals surface area (Å²) in [6, 6.07) is 0. The summed E-state index contributed by atoms with van der Waals surface area (Å²) >= 11 is 0. The summed E-state index contributed by atoms with van der Waals surface area (Å²) < 4.78 is 34.1. The molecule has 0 radical (unpaired) electrons. The Morgan fingerprint density at radius 3 is 1.36 bits per heavy atom. The molecule has 0 spiro atoms. The van der Waals surface area contributed by atoms with E-state index in [1.807, 2.05) is 0 Å². The number of carbonyl (C=O) groups is 2. The van der Waals surface area contributed by atoms with E-state index < -0.39 is 12.3 Å². The van der Waals surface area contributed by atoms with Crippen LogP contribution in [0.5, 0.6) is 0 Å². The van der Waals surface area contributed by atoms with Crippen LogP contribution >= 0.6 is 0 Å². The molecule has 53 heavy (non-hydrogen) atoms. The standard InChI is InChI=1S/C44H87NO8/c1-6-11-14-17-20-21-22-23-24-27-32-41(53-44(47)51-39-31-35-45(9-4)10-5)34-40-52-43(46)50-38-30-33-42(48-36-28-25-18-15-12-7-2)49-37-29-26-19-16-13-8-3/h41-42H,6-40H2,1-5H3. The van der Waals surface area contributed by atoms with Gasteiger partial charge in [-0.05, 0) is 51.6 Å². The van der Waals surface area contributed by atoms with Crippen molar-refractivity contribution in [3.8, 4) is 0 Å². The Morgan fingerprint density at radius 1 is 0.415 bits per heavy atom. The second-order valence-corrected chi connectivity index (χ2v) is 14.8. The third-order valence-corrected chi connectivity index (χ3v) is 9.94. The van der Waals surface area contributed by atoms with Gasteiger partial charge in [-0.1, -0.05) is 157 Å². The Morgan fingerprint density at radius 2 is 0.849 bits per heavy atom. The van der Waals surface area contributed by atoms with Crippen LogP contribution in [0.3, 0.4) is 0 Å². The number of nitrogens with zero attached hydrogens (tertiary/aromatic N) is 1. The lowest BCUT2D eigenvalue weighted by molar-refractivity contribution is -0.149. The minimum atomic E-state index is -0.695. The highest BCUT2D eigenvalue weighted by Gasteiger charge is 2.18. The molecule has 316 valence electrons. The van der Waals surface area contributed by atoms with Crippen LogP contribution in [-0.4, -0.2) is 82.3 Å². The zero-order chi connectivity index (χ0) is 38.9. The summed E-state index contributed by atoms with van der Waals surface area (Å²) in [5, 5.41) is 0. The molecule has 0 saturated carbocycles. The maximum atomic E-state index is 12.5. The minimum Gasteiger partial charge on any atom is -0.434 e. The van der Waals surface area contributed by atoms with Crippen molar-refractivity contribution < 1.29 is 38.0 Å². The van der Waals surface area contributed by atoms with Crippen LogP contribution in [0, 0.1) is 0 Å². The summed E-state index contributed by atoms with van der Waals surface area (Å²) in [6.45, 7) is 15.9. The Labute approximate surface area is 327 Å². The third kappa shape index (κ3) is 37.1. The number of carbonyl (C=O) groups excluding carboxylic acids is 2. The third-order valence-electron chi connectivity index (χ3n) is 9.94. The maximum Gasteiger partial charge on any atom is 0.508 e. The van der Waals surface area contributed by atoms with Crippen LogP contribution in [0.1, 0.15) is 208 Å². The second-order valence-electron chi connectivity index (χ2n) is 14.8. The van der Waals surface area contributed by atoms with Gasteiger partial charge in [0.05, 0.1) is 19.8 Å². The van der Waals surface area contributed by atoms with Crippen LogP contribution in [0.25, 0.3) is 0 Å². The van der Waals surface area contributed by atoms with Gasteiger partial charge in [0.1, 0.15) is 6.10 Å². The molecule has 0 aromatic heterocycles. The van der Waals surface area contributed by atoms with Gasteiger partial charge in [0, 0.05) is 32.6 Å². The van der Waals surface area contributed by atoms with Gasteiger partial charge in [-0.2, -0.15) is 0 Å². The summed E-state index contributed by atoms with van der Waals surface area (Å²) in [5.41, 5.74) is 0. The van der Waals surface area contributed by atoms with Crippen LogP contribution in [0.2, 0.25) is 0 Å². The normalized spacial score (nSPS) is 12.1. The van der Waals surface area contributed by atoms with Crippen molar-refractivity contribution in [3.05, 3.63) is 0 Å². The topological polar surface area (TPSA) is 92.8 Å². The SMILES string of the molecule is CCCCCCCCCCCCC(CCOC(=O)OCCCC(OCCCCCCCC)OCCCCCCCC)OC(=O)OCCCN(CC)CC. The molecule has 0 N–H and O–H groups in total. The fourth-order valence-corrected chi connectivity index (χ4v) is 6.41. The lowest BCUT2D eigenvalue weighted by atomic mass is 10.0. The molecule has 0 aliphatic rings. The second kappa shape index (κ2) is 41.6. The average molecular weight is 758 g/mol. The predicted molar refractivity (Wildman–Crippen MR) is 219 cm³/mol. The van der Waals surface area contributed by atoms with Gasteiger partial charge in [-0.3, -0.25) is 0 Å². The molecule has 1 atom stereocenters. The van der Waals surface area contributed by atoms with E-state index in [1.54, 1.807) is 0 Å². The quantitative estimate of drug-likeness (QED) is 0.0343. The van der Waals surface area contributed by atoms with E-state index in [4.69, 9.17) is 28.4 Å². The minimum absolute atomic E-state index is 0.127. The van der Waals surface area contributed by atoms with Crippen molar-refractivity contribution in [2.24, 2.45) is 0 Å². The molecule has 0 aliphatic heterocycles. The molecular formula is C44H87NO8. The molecule has 0 heterocycles. The highest BCUT2D eigenvalue weighted by molar-refractivity contribution is 5.60. The molecule has 0 aromatic rings. The van der Waals surface area contributed by atoms with E-state index in [0.717, 1.165) is 58.2 Å². The van der Waals surface area contributed by atoms with Crippen molar-refractivity contribution >= 4 is 12.3 Å². The van der Waals surface area contributed by atoms with E-state index in [9.17, 15) is 9.59 Å². The predicted octanol–water partition coefficient (Wildman–Crippen LogP) is 13.0. The van der Waals surface area contributed by atoms with E-state index in [2.05, 4.69) is 39.5 Å². The van der Waals surface area contributed by atoms with E-state index >= 15 is 0 Å². The molecule has 0 rings (SSSR count). The van der Waals surface area contributed by atoms with E-state index in [1.165, 1.54) is 116 Å². The first-order valence-electron chi connectivity index (χ1n) is 22.6. The first-order valence-corrected chi connectivity index (χ1v) is 22.6. The van der Waals surface area contributed by atoms with Crippen molar-refractivity contribution in [3.63, 3.8) is 0 Å². The van der Waals surface area contributed by atoms with E-state index in [0.29, 0.717) is 39.1 Å². The van der Waals surface area contributed by atoms with Gasteiger partial charge in [0.15, 0.2) is 6.29 Å². The first kappa shape index (κ1) is 51.4. The molecule has 9 nitrogen and oxygen atoms in total. The summed E-state index contributed by atoms with van der Waals surface area (Å²) in [6.07, 6.45) is 28.3. The largest absolute Gasteiger partial charge is 0.508 e. The number of ether oxygens (including phenoxy) is 6. The maximum absolute atomic E-state index is 12.5. The zero-order valence-corrected chi connectivity index (χ0v) is 35.6. The Kier molecular flexibility index (Phi) is 40.3. The molecule has 9 heteroatoms. The Balaban J connectivity index is 4.59. The zero-order valence-electron chi connectivity index (χ0n) is 35.6. The monoisotopic (exact) mass is 758 g/mol. The van der Waals surface area contributed by atoms with Crippen molar-refractivity contribution in [1.29, 1.82) is 0 Å². The van der Waals surface area contributed by atoms with Gasteiger partial charge < -0.3 is 33.3 Å². The summed E-state index contributed by atoms with van der Waals surface area (Å²) in [5.74, 6) is 0.